The van der Waals surface area contributed by atoms with E-state index in [-0.39, 0.29) is 18.2 Å². The summed E-state index contributed by atoms with van der Waals surface area (Å²) < 4.78 is 6.14. The number of amides is 2. The number of carbonyl (C=O) groups is 2. The summed E-state index contributed by atoms with van der Waals surface area (Å²) in [6, 6.07) is 37.0. The lowest BCUT2D eigenvalue weighted by Crippen LogP contribution is -2.32. The number of nitrogens with one attached hydrogen (secondary N) is 2. The Bertz CT molecular complexity index is 1660. The maximum absolute atomic E-state index is 13.0. The quantitative estimate of drug-likeness (QED) is 0.141. The van der Waals surface area contributed by atoms with Crippen molar-refractivity contribution in [1.82, 2.24) is 10.7 Å². The summed E-state index contributed by atoms with van der Waals surface area (Å²) in [6.45, 7) is 0.350. The highest BCUT2D eigenvalue weighted by Gasteiger charge is 2.19. The van der Waals surface area contributed by atoms with Crippen LogP contribution < -0.4 is 15.5 Å². The van der Waals surface area contributed by atoms with Gasteiger partial charge in [-0.1, -0.05) is 103 Å². The molecule has 0 saturated heterocycles. The van der Waals surface area contributed by atoms with Gasteiger partial charge in [0.05, 0.1) is 18.7 Å². The smallest absolute Gasteiger partial charge is 0.251 e. The molecule has 0 radical (unpaired) electrons. The van der Waals surface area contributed by atoms with Crippen molar-refractivity contribution in [2.75, 3.05) is 0 Å². The van der Waals surface area contributed by atoms with Gasteiger partial charge in [0.15, 0.2) is 0 Å². The number of rotatable bonds is 10. The monoisotopic (exact) mass is 561 g/mol. The molecule has 0 spiro atoms. The number of ether oxygens (including phenoxy) is 1. The Morgan fingerprint density at radius 3 is 2.24 bits per heavy atom. The Kier molecular flexibility index (Phi) is 9.04. The summed E-state index contributed by atoms with van der Waals surface area (Å²) in [4.78, 5) is 25.9. The zero-order valence-electron chi connectivity index (χ0n) is 22.2. The summed E-state index contributed by atoms with van der Waals surface area (Å²) in [6.07, 6.45) is 1.60. The van der Waals surface area contributed by atoms with E-state index >= 15 is 0 Å². The van der Waals surface area contributed by atoms with Crippen LogP contribution in [0.2, 0.25) is 5.02 Å². The fraction of sp³-hybridized carbons (Fsp3) is 0.0882. The fourth-order valence-electron chi connectivity index (χ4n) is 4.44. The second-order valence-electron chi connectivity index (χ2n) is 9.41. The molecular formula is C34H28ClN3O3. The van der Waals surface area contributed by atoms with Gasteiger partial charge in [0, 0.05) is 16.1 Å². The van der Waals surface area contributed by atoms with Gasteiger partial charge in [-0.3, -0.25) is 9.59 Å². The Morgan fingerprint density at radius 2 is 1.49 bits per heavy atom. The van der Waals surface area contributed by atoms with E-state index in [1.165, 1.54) is 0 Å². The molecule has 0 fully saturated rings. The normalized spacial score (nSPS) is 11.7. The van der Waals surface area contributed by atoms with Crippen LogP contribution in [-0.4, -0.2) is 18.0 Å². The summed E-state index contributed by atoms with van der Waals surface area (Å²) in [5.41, 5.74) is 5.69. The third-order valence-corrected chi connectivity index (χ3v) is 6.81. The Morgan fingerprint density at radius 1 is 0.805 bits per heavy atom. The molecule has 0 aromatic heterocycles. The van der Waals surface area contributed by atoms with Crippen LogP contribution in [0.15, 0.2) is 126 Å². The lowest BCUT2D eigenvalue weighted by Gasteiger charge is -2.18. The minimum Gasteiger partial charge on any atom is -0.488 e. The van der Waals surface area contributed by atoms with Gasteiger partial charge in [0.2, 0.25) is 5.91 Å². The molecule has 41 heavy (non-hydrogen) atoms. The SMILES string of the molecule is O=C(C[C@@H](NC(=O)c1ccccc1)c1ccccc1)N/N=C\c1c(OCc2ccc(Cl)cc2)ccc2ccccc12. The molecule has 7 heteroatoms. The molecule has 2 N–H and O–H groups in total. The Balaban J connectivity index is 1.31. The lowest BCUT2D eigenvalue weighted by atomic mass is 10.0. The van der Waals surface area contributed by atoms with Crippen molar-refractivity contribution in [3.8, 4) is 5.75 Å². The largest absolute Gasteiger partial charge is 0.488 e. The van der Waals surface area contributed by atoms with Crippen molar-refractivity contribution in [1.29, 1.82) is 0 Å². The van der Waals surface area contributed by atoms with E-state index in [4.69, 9.17) is 16.3 Å². The minimum atomic E-state index is -0.532. The Labute approximate surface area is 243 Å². The van der Waals surface area contributed by atoms with Crippen molar-refractivity contribution in [3.05, 3.63) is 149 Å². The van der Waals surface area contributed by atoms with Gasteiger partial charge in [-0.15, -0.1) is 0 Å². The van der Waals surface area contributed by atoms with Gasteiger partial charge < -0.3 is 10.1 Å². The molecule has 0 heterocycles. The first-order chi connectivity index (χ1) is 20.1. The van der Waals surface area contributed by atoms with E-state index in [0.717, 1.165) is 27.5 Å². The van der Waals surface area contributed by atoms with E-state index in [2.05, 4.69) is 15.8 Å². The zero-order valence-corrected chi connectivity index (χ0v) is 22.9. The average Bonchev–Trinajstić information content (AvgIpc) is 3.01. The van der Waals surface area contributed by atoms with Crippen molar-refractivity contribution < 1.29 is 14.3 Å². The molecule has 0 bridgehead atoms. The van der Waals surface area contributed by atoms with Crippen LogP contribution in [0.3, 0.4) is 0 Å². The molecule has 5 aromatic carbocycles. The van der Waals surface area contributed by atoms with Crippen LogP contribution >= 0.6 is 11.6 Å². The number of carbonyl (C=O) groups excluding carboxylic acids is 2. The highest BCUT2D eigenvalue weighted by atomic mass is 35.5. The summed E-state index contributed by atoms with van der Waals surface area (Å²) in [5, 5.41) is 9.87. The first kappa shape index (κ1) is 27.6. The maximum atomic E-state index is 13.0. The Hall–Kier alpha value is -4.94. The first-order valence-electron chi connectivity index (χ1n) is 13.2. The van der Waals surface area contributed by atoms with E-state index in [1.54, 1.807) is 30.5 Å². The minimum absolute atomic E-state index is 0.00931. The number of fused-ring (bicyclic) bond motifs is 1. The number of hydrogen-bond donors (Lipinski definition) is 2. The number of hydrogen-bond acceptors (Lipinski definition) is 4. The summed E-state index contributed by atoms with van der Waals surface area (Å²) in [7, 11) is 0. The third kappa shape index (κ3) is 7.38. The predicted molar refractivity (Wildman–Crippen MR) is 163 cm³/mol. The van der Waals surface area contributed by atoms with Crippen LogP contribution in [0.4, 0.5) is 0 Å². The highest BCUT2D eigenvalue weighted by molar-refractivity contribution is 6.30. The van der Waals surface area contributed by atoms with Gasteiger partial charge >= 0.3 is 0 Å². The molecule has 1 atom stereocenters. The molecule has 5 rings (SSSR count). The van der Waals surface area contributed by atoms with Crippen molar-refractivity contribution in [2.24, 2.45) is 5.10 Å². The highest BCUT2D eigenvalue weighted by Crippen LogP contribution is 2.27. The molecule has 0 aliphatic heterocycles. The van der Waals surface area contributed by atoms with Gasteiger partial charge in [-0.25, -0.2) is 5.43 Å². The third-order valence-electron chi connectivity index (χ3n) is 6.55. The van der Waals surface area contributed by atoms with Crippen LogP contribution in [0.1, 0.15) is 39.5 Å². The molecule has 2 amide bonds. The molecule has 5 aromatic rings. The van der Waals surface area contributed by atoms with Crippen LogP contribution in [0, 0.1) is 0 Å². The van der Waals surface area contributed by atoms with E-state index in [9.17, 15) is 9.59 Å². The predicted octanol–water partition coefficient (Wildman–Crippen LogP) is 7.08. The van der Waals surface area contributed by atoms with Crippen LogP contribution in [0.25, 0.3) is 10.8 Å². The molecule has 0 saturated carbocycles. The fourth-order valence-corrected chi connectivity index (χ4v) is 4.57. The topological polar surface area (TPSA) is 79.8 Å². The molecule has 6 nitrogen and oxygen atoms in total. The standard InChI is InChI=1S/C34H28ClN3O3/c35-28-18-15-24(16-19-28)23-41-32-20-17-25-9-7-8-14-29(25)30(32)22-36-38-33(39)21-31(26-10-3-1-4-11-26)37-34(40)27-12-5-2-6-13-27/h1-20,22,31H,21,23H2,(H,37,40)(H,38,39)/b36-22-/t31-/m1/s1. The number of hydrazone groups is 1. The van der Waals surface area contributed by atoms with E-state index in [1.807, 2.05) is 97.1 Å². The second kappa shape index (κ2) is 13.4. The maximum Gasteiger partial charge on any atom is 0.251 e. The van der Waals surface area contributed by atoms with Gasteiger partial charge in [0.1, 0.15) is 12.4 Å². The van der Waals surface area contributed by atoms with Crippen molar-refractivity contribution >= 4 is 40.4 Å². The molecule has 0 aliphatic carbocycles. The first-order valence-corrected chi connectivity index (χ1v) is 13.6. The van der Waals surface area contributed by atoms with E-state index < -0.39 is 6.04 Å². The van der Waals surface area contributed by atoms with Gasteiger partial charge in [-0.05, 0) is 52.2 Å². The number of benzene rings is 5. The van der Waals surface area contributed by atoms with Crippen LogP contribution in [0.5, 0.6) is 5.75 Å². The van der Waals surface area contributed by atoms with Crippen LogP contribution in [-0.2, 0) is 11.4 Å². The molecule has 0 aliphatic rings. The van der Waals surface area contributed by atoms with Gasteiger partial charge in [0.25, 0.3) is 5.91 Å². The van der Waals surface area contributed by atoms with E-state index in [0.29, 0.717) is 22.9 Å². The summed E-state index contributed by atoms with van der Waals surface area (Å²) >= 11 is 6.01. The molecule has 0 unspecified atom stereocenters. The summed E-state index contributed by atoms with van der Waals surface area (Å²) in [5.74, 6) is 0.0373. The second-order valence-corrected chi connectivity index (χ2v) is 9.85. The lowest BCUT2D eigenvalue weighted by molar-refractivity contribution is -0.121. The van der Waals surface area contributed by atoms with Gasteiger partial charge in [-0.2, -0.15) is 5.10 Å². The number of halogens is 1. The molecular weight excluding hydrogens is 534 g/mol. The van der Waals surface area contributed by atoms with Crippen molar-refractivity contribution in [3.63, 3.8) is 0 Å². The number of nitrogens with zero attached hydrogens (tertiary/aromatic N) is 1. The average molecular weight is 562 g/mol. The van der Waals surface area contributed by atoms with Crippen molar-refractivity contribution in [2.45, 2.75) is 19.1 Å². The molecule has 204 valence electrons. The zero-order chi connectivity index (χ0) is 28.4.